The first-order valence-corrected chi connectivity index (χ1v) is 8.06. The fourth-order valence-corrected chi connectivity index (χ4v) is 4.27. The van der Waals surface area contributed by atoms with Gasteiger partial charge in [0.1, 0.15) is 0 Å². The van der Waals surface area contributed by atoms with Crippen molar-refractivity contribution in [2.24, 2.45) is 0 Å². The maximum atomic E-state index is 12.3. The lowest BCUT2D eigenvalue weighted by atomic mass is 10.4. The molecule has 1 heterocycles. The number of likely N-dealkylation sites (N-methyl/N-ethyl adjacent to an activating group) is 1. The maximum absolute atomic E-state index is 12.3. The molecule has 0 aromatic carbocycles. The Morgan fingerprint density at radius 3 is 2.78 bits per heavy atom. The molecule has 0 bridgehead atoms. The summed E-state index contributed by atoms with van der Waals surface area (Å²) in [5.74, 6) is 0. The highest BCUT2D eigenvalue weighted by Gasteiger charge is 2.23. The van der Waals surface area contributed by atoms with Crippen LogP contribution in [0.4, 0.5) is 0 Å². The third kappa shape index (κ3) is 3.41. The fraction of sp³-hybridized carbons (Fsp3) is 0.500. The monoisotopic (exact) mass is 288 g/mol. The zero-order valence-electron chi connectivity index (χ0n) is 11.1. The standard InChI is InChI=1S/C12H20N2O2S2/c1-5-7-14(4)18(15,16)12-8-11(9-13-6-2)17-10(12)3/h5,8,13H,1,6-7,9H2,2-4H3. The van der Waals surface area contributed by atoms with Gasteiger partial charge in [-0.15, -0.1) is 17.9 Å². The van der Waals surface area contributed by atoms with Gasteiger partial charge in [0.05, 0.1) is 4.90 Å². The van der Waals surface area contributed by atoms with Gasteiger partial charge in [-0.05, 0) is 19.5 Å². The number of thiophene rings is 1. The summed E-state index contributed by atoms with van der Waals surface area (Å²) in [6.45, 7) is 9.33. The zero-order chi connectivity index (χ0) is 13.8. The van der Waals surface area contributed by atoms with Gasteiger partial charge in [0.25, 0.3) is 0 Å². The Hall–Kier alpha value is -0.690. The number of aryl methyl sites for hydroxylation is 1. The van der Waals surface area contributed by atoms with Crippen molar-refractivity contribution in [3.63, 3.8) is 0 Å². The fourth-order valence-electron chi connectivity index (χ4n) is 1.56. The Balaban J connectivity index is 3.01. The van der Waals surface area contributed by atoms with E-state index in [1.54, 1.807) is 19.2 Å². The van der Waals surface area contributed by atoms with Crippen LogP contribution in [0.15, 0.2) is 23.6 Å². The van der Waals surface area contributed by atoms with Crippen LogP contribution in [0, 0.1) is 6.92 Å². The van der Waals surface area contributed by atoms with Crippen LogP contribution in [-0.2, 0) is 16.6 Å². The predicted octanol–water partition coefficient (Wildman–Crippen LogP) is 1.97. The van der Waals surface area contributed by atoms with Crippen LogP contribution in [0.1, 0.15) is 16.7 Å². The van der Waals surface area contributed by atoms with Crippen LogP contribution >= 0.6 is 11.3 Å². The Bertz CT molecular complexity index is 506. The van der Waals surface area contributed by atoms with Gasteiger partial charge in [-0.3, -0.25) is 0 Å². The van der Waals surface area contributed by atoms with Gasteiger partial charge in [0, 0.05) is 29.9 Å². The molecule has 0 saturated carbocycles. The molecule has 0 spiro atoms. The lowest BCUT2D eigenvalue weighted by Crippen LogP contribution is -2.27. The zero-order valence-corrected chi connectivity index (χ0v) is 12.7. The van der Waals surface area contributed by atoms with Gasteiger partial charge >= 0.3 is 0 Å². The van der Waals surface area contributed by atoms with Crippen molar-refractivity contribution in [2.45, 2.75) is 25.3 Å². The number of rotatable bonds is 7. The Kier molecular flexibility index (Phi) is 5.52. The normalized spacial score (nSPS) is 12.0. The van der Waals surface area contributed by atoms with E-state index in [0.29, 0.717) is 18.0 Å². The summed E-state index contributed by atoms with van der Waals surface area (Å²) in [6, 6.07) is 1.76. The molecule has 102 valence electrons. The second-order valence-electron chi connectivity index (χ2n) is 3.99. The number of nitrogens with zero attached hydrogens (tertiary/aromatic N) is 1. The minimum Gasteiger partial charge on any atom is -0.312 e. The summed E-state index contributed by atoms with van der Waals surface area (Å²) in [5, 5.41) is 3.20. The number of nitrogens with one attached hydrogen (secondary N) is 1. The molecule has 1 N–H and O–H groups in total. The number of hydrogen-bond acceptors (Lipinski definition) is 4. The van der Waals surface area contributed by atoms with Gasteiger partial charge in [-0.25, -0.2) is 8.42 Å². The van der Waals surface area contributed by atoms with Crippen LogP contribution in [-0.4, -0.2) is 32.9 Å². The molecule has 0 atom stereocenters. The molecule has 0 aliphatic rings. The second-order valence-corrected chi connectivity index (χ2v) is 7.34. The van der Waals surface area contributed by atoms with Crippen LogP contribution in [0.25, 0.3) is 0 Å². The van der Waals surface area contributed by atoms with Crippen molar-refractivity contribution in [1.29, 1.82) is 0 Å². The third-order valence-corrected chi connectivity index (χ3v) is 5.68. The maximum Gasteiger partial charge on any atom is 0.244 e. The topological polar surface area (TPSA) is 49.4 Å². The molecular weight excluding hydrogens is 268 g/mol. The Morgan fingerprint density at radius 1 is 1.56 bits per heavy atom. The summed E-state index contributed by atoms with van der Waals surface area (Å²) in [7, 11) is -1.82. The Labute approximate surface area is 113 Å². The average molecular weight is 288 g/mol. The molecule has 0 aliphatic carbocycles. The lowest BCUT2D eigenvalue weighted by Gasteiger charge is -2.14. The van der Waals surface area contributed by atoms with Gasteiger partial charge in [-0.1, -0.05) is 13.0 Å². The van der Waals surface area contributed by atoms with E-state index in [0.717, 1.165) is 16.3 Å². The van der Waals surface area contributed by atoms with Gasteiger partial charge in [-0.2, -0.15) is 4.31 Å². The molecule has 4 nitrogen and oxygen atoms in total. The van der Waals surface area contributed by atoms with Crippen LogP contribution in [0.5, 0.6) is 0 Å². The molecule has 0 amide bonds. The second kappa shape index (κ2) is 6.47. The molecule has 0 radical (unpaired) electrons. The van der Waals surface area contributed by atoms with Crippen LogP contribution in [0.3, 0.4) is 0 Å². The summed E-state index contributed by atoms with van der Waals surface area (Å²) in [6.07, 6.45) is 1.58. The van der Waals surface area contributed by atoms with Crippen molar-refractivity contribution in [2.75, 3.05) is 20.1 Å². The summed E-state index contributed by atoms with van der Waals surface area (Å²) in [4.78, 5) is 2.28. The largest absolute Gasteiger partial charge is 0.312 e. The lowest BCUT2D eigenvalue weighted by molar-refractivity contribution is 0.499. The van der Waals surface area contributed by atoms with E-state index in [-0.39, 0.29) is 0 Å². The van der Waals surface area contributed by atoms with Gasteiger partial charge < -0.3 is 5.32 Å². The smallest absolute Gasteiger partial charge is 0.244 e. The van der Waals surface area contributed by atoms with Crippen molar-refractivity contribution in [3.05, 3.63) is 28.5 Å². The number of hydrogen-bond donors (Lipinski definition) is 1. The third-order valence-electron chi connectivity index (χ3n) is 2.55. The first-order chi connectivity index (χ1) is 8.43. The minimum absolute atomic E-state index is 0.320. The highest BCUT2D eigenvalue weighted by molar-refractivity contribution is 7.89. The van der Waals surface area contributed by atoms with E-state index >= 15 is 0 Å². The number of sulfonamides is 1. The van der Waals surface area contributed by atoms with Crippen molar-refractivity contribution in [3.8, 4) is 0 Å². The summed E-state index contributed by atoms with van der Waals surface area (Å²) < 4.78 is 25.9. The first-order valence-electron chi connectivity index (χ1n) is 5.80. The first kappa shape index (κ1) is 15.4. The molecule has 6 heteroatoms. The van der Waals surface area contributed by atoms with E-state index in [1.807, 2.05) is 13.8 Å². The van der Waals surface area contributed by atoms with Crippen LogP contribution < -0.4 is 5.32 Å². The van der Waals surface area contributed by atoms with Crippen molar-refractivity contribution in [1.82, 2.24) is 9.62 Å². The minimum atomic E-state index is -3.39. The van der Waals surface area contributed by atoms with E-state index in [2.05, 4.69) is 11.9 Å². The summed E-state index contributed by atoms with van der Waals surface area (Å²) in [5.41, 5.74) is 0. The van der Waals surface area contributed by atoms with Gasteiger partial charge in [0.15, 0.2) is 0 Å². The molecular formula is C12H20N2O2S2. The molecule has 0 aliphatic heterocycles. The summed E-state index contributed by atoms with van der Waals surface area (Å²) >= 11 is 1.52. The molecule has 0 fully saturated rings. The van der Waals surface area contributed by atoms with E-state index in [1.165, 1.54) is 15.6 Å². The van der Waals surface area contributed by atoms with Crippen LogP contribution in [0.2, 0.25) is 0 Å². The van der Waals surface area contributed by atoms with Gasteiger partial charge in [0.2, 0.25) is 10.0 Å². The Morgan fingerprint density at radius 2 is 2.22 bits per heavy atom. The van der Waals surface area contributed by atoms with E-state index in [4.69, 9.17) is 0 Å². The molecule has 0 saturated heterocycles. The highest BCUT2D eigenvalue weighted by Crippen LogP contribution is 2.27. The molecule has 1 aromatic heterocycles. The van der Waals surface area contributed by atoms with Crippen molar-refractivity contribution < 1.29 is 8.42 Å². The van der Waals surface area contributed by atoms with E-state index < -0.39 is 10.0 Å². The molecule has 1 rings (SSSR count). The molecule has 0 unspecified atom stereocenters. The predicted molar refractivity (Wildman–Crippen MR) is 76.4 cm³/mol. The van der Waals surface area contributed by atoms with Crippen molar-refractivity contribution >= 4 is 21.4 Å². The van der Waals surface area contributed by atoms with E-state index in [9.17, 15) is 8.42 Å². The SMILES string of the molecule is C=CCN(C)S(=O)(=O)c1cc(CNCC)sc1C. The molecule has 1 aromatic rings. The molecule has 18 heavy (non-hydrogen) atoms. The quantitative estimate of drug-likeness (QED) is 0.780. The highest BCUT2D eigenvalue weighted by atomic mass is 32.2. The average Bonchev–Trinajstić information content (AvgIpc) is 2.69.